The van der Waals surface area contributed by atoms with Crippen LogP contribution in [-0.2, 0) is 14.2 Å². The smallest absolute Gasteiger partial charge is 0.104 e. The monoisotopic (exact) mass is 232 g/mol. The quantitative estimate of drug-likeness (QED) is 0.612. The van der Waals surface area contributed by atoms with Gasteiger partial charge in [-0.05, 0) is 33.6 Å². The summed E-state index contributed by atoms with van der Waals surface area (Å²) in [5.74, 6) is 0.561. The van der Waals surface area contributed by atoms with Crippen LogP contribution in [0.3, 0.4) is 0 Å². The molecule has 1 unspecified atom stereocenters. The van der Waals surface area contributed by atoms with Crippen LogP contribution < -0.4 is 0 Å². The second-order valence-electron chi connectivity index (χ2n) is 5.12. The summed E-state index contributed by atoms with van der Waals surface area (Å²) in [6, 6.07) is 0. The number of rotatable bonds is 9. The standard InChI is InChI=1S/C13H28O3/c1-10(2)7-14-8-13(16-12(5)6)9-15-11(3)4/h10-13H,7-9H2,1-6H3. The minimum absolute atomic E-state index is 0.0427. The van der Waals surface area contributed by atoms with Crippen LogP contribution in [-0.4, -0.2) is 38.1 Å². The van der Waals surface area contributed by atoms with Gasteiger partial charge in [-0.3, -0.25) is 0 Å². The van der Waals surface area contributed by atoms with E-state index in [1.54, 1.807) is 0 Å². The zero-order valence-corrected chi connectivity index (χ0v) is 11.7. The van der Waals surface area contributed by atoms with Gasteiger partial charge >= 0.3 is 0 Å². The van der Waals surface area contributed by atoms with E-state index >= 15 is 0 Å². The van der Waals surface area contributed by atoms with Crippen LogP contribution in [0.1, 0.15) is 41.5 Å². The highest BCUT2D eigenvalue weighted by molar-refractivity contribution is 4.58. The lowest BCUT2D eigenvalue weighted by Crippen LogP contribution is -2.30. The van der Waals surface area contributed by atoms with E-state index in [-0.39, 0.29) is 18.3 Å². The van der Waals surface area contributed by atoms with Gasteiger partial charge in [-0.2, -0.15) is 0 Å². The highest BCUT2D eigenvalue weighted by atomic mass is 16.6. The maximum absolute atomic E-state index is 5.73. The summed E-state index contributed by atoms with van der Waals surface area (Å²) in [5.41, 5.74) is 0. The van der Waals surface area contributed by atoms with Gasteiger partial charge in [0.05, 0.1) is 25.4 Å². The minimum Gasteiger partial charge on any atom is -0.378 e. The molecule has 0 spiro atoms. The second kappa shape index (κ2) is 8.97. The van der Waals surface area contributed by atoms with E-state index in [0.29, 0.717) is 19.1 Å². The summed E-state index contributed by atoms with van der Waals surface area (Å²) in [6.07, 6.45) is 0.493. The van der Waals surface area contributed by atoms with E-state index in [0.717, 1.165) is 6.61 Å². The summed E-state index contributed by atoms with van der Waals surface area (Å²) in [4.78, 5) is 0. The third-order valence-electron chi connectivity index (χ3n) is 1.83. The number of hydrogen-bond donors (Lipinski definition) is 0. The second-order valence-corrected chi connectivity index (χ2v) is 5.12. The molecule has 0 bridgehead atoms. The van der Waals surface area contributed by atoms with Crippen molar-refractivity contribution in [2.45, 2.75) is 59.9 Å². The molecule has 0 heterocycles. The third-order valence-corrected chi connectivity index (χ3v) is 1.83. The molecule has 0 radical (unpaired) electrons. The average Bonchev–Trinajstić information content (AvgIpc) is 2.12. The van der Waals surface area contributed by atoms with Gasteiger partial charge in [0.1, 0.15) is 6.10 Å². The van der Waals surface area contributed by atoms with E-state index in [1.807, 2.05) is 27.7 Å². The topological polar surface area (TPSA) is 27.7 Å². The first-order valence-electron chi connectivity index (χ1n) is 6.26. The zero-order chi connectivity index (χ0) is 12.6. The van der Waals surface area contributed by atoms with E-state index in [4.69, 9.17) is 14.2 Å². The first kappa shape index (κ1) is 15.9. The maximum atomic E-state index is 5.73. The molecule has 0 aromatic carbocycles. The Balaban J connectivity index is 3.81. The Labute approximate surface area is 100 Å². The molecule has 3 heteroatoms. The van der Waals surface area contributed by atoms with Crippen LogP contribution in [0.4, 0.5) is 0 Å². The van der Waals surface area contributed by atoms with Crippen LogP contribution >= 0.6 is 0 Å². The normalized spacial score (nSPS) is 14.1. The Morgan fingerprint density at radius 3 is 1.81 bits per heavy atom. The Kier molecular flexibility index (Phi) is 8.90. The van der Waals surface area contributed by atoms with E-state index < -0.39 is 0 Å². The molecule has 3 nitrogen and oxygen atoms in total. The molecule has 0 aliphatic carbocycles. The van der Waals surface area contributed by atoms with Crippen LogP contribution in [0.25, 0.3) is 0 Å². The molecule has 1 atom stereocenters. The fourth-order valence-corrected chi connectivity index (χ4v) is 1.25. The van der Waals surface area contributed by atoms with Crippen molar-refractivity contribution in [3.05, 3.63) is 0 Å². The predicted octanol–water partition coefficient (Wildman–Crippen LogP) is 2.88. The van der Waals surface area contributed by atoms with Crippen molar-refractivity contribution in [2.24, 2.45) is 5.92 Å². The molecule has 0 fully saturated rings. The fourth-order valence-electron chi connectivity index (χ4n) is 1.25. The minimum atomic E-state index is 0.0427. The summed E-state index contributed by atoms with van der Waals surface area (Å²) >= 11 is 0. The first-order chi connectivity index (χ1) is 7.41. The Morgan fingerprint density at radius 1 is 0.750 bits per heavy atom. The van der Waals surface area contributed by atoms with Crippen molar-refractivity contribution in [3.63, 3.8) is 0 Å². The summed E-state index contributed by atoms with van der Waals surface area (Å²) in [5, 5.41) is 0. The van der Waals surface area contributed by atoms with Crippen molar-refractivity contribution >= 4 is 0 Å². The van der Waals surface area contributed by atoms with Crippen LogP contribution in [0.15, 0.2) is 0 Å². The lowest BCUT2D eigenvalue weighted by molar-refractivity contribution is -0.0932. The third kappa shape index (κ3) is 10.4. The van der Waals surface area contributed by atoms with Crippen molar-refractivity contribution in [1.29, 1.82) is 0 Å². The molecule has 0 N–H and O–H groups in total. The summed E-state index contributed by atoms with van der Waals surface area (Å²) < 4.78 is 16.9. The van der Waals surface area contributed by atoms with Crippen LogP contribution in [0, 0.1) is 5.92 Å². The van der Waals surface area contributed by atoms with E-state index in [1.165, 1.54) is 0 Å². The Hall–Kier alpha value is -0.120. The fraction of sp³-hybridized carbons (Fsp3) is 1.00. The highest BCUT2D eigenvalue weighted by Gasteiger charge is 2.13. The van der Waals surface area contributed by atoms with Crippen molar-refractivity contribution in [3.8, 4) is 0 Å². The highest BCUT2D eigenvalue weighted by Crippen LogP contribution is 2.03. The largest absolute Gasteiger partial charge is 0.378 e. The lowest BCUT2D eigenvalue weighted by Gasteiger charge is -2.22. The van der Waals surface area contributed by atoms with Crippen molar-refractivity contribution in [2.75, 3.05) is 19.8 Å². The number of ether oxygens (including phenoxy) is 3. The van der Waals surface area contributed by atoms with Gasteiger partial charge in [0, 0.05) is 6.61 Å². The Morgan fingerprint density at radius 2 is 1.38 bits per heavy atom. The van der Waals surface area contributed by atoms with E-state index in [2.05, 4.69) is 13.8 Å². The molecule has 0 amide bonds. The predicted molar refractivity (Wildman–Crippen MR) is 66.8 cm³/mol. The molecule has 0 aliphatic heterocycles. The average molecular weight is 232 g/mol. The van der Waals surface area contributed by atoms with Gasteiger partial charge in [-0.15, -0.1) is 0 Å². The molecule has 16 heavy (non-hydrogen) atoms. The summed E-state index contributed by atoms with van der Waals surface area (Å²) in [7, 11) is 0. The SMILES string of the molecule is CC(C)COCC(COC(C)C)OC(C)C. The van der Waals surface area contributed by atoms with Crippen molar-refractivity contribution in [1.82, 2.24) is 0 Å². The maximum Gasteiger partial charge on any atom is 0.104 e. The molecule has 0 aliphatic rings. The summed E-state index contributed by atoms with van der Waals surface area (Å²) in [6.45, 7) is 14.4. The van der Waals surface area contributed by atoms with Crippen LogP contribution in [0.5, 0.6) is 0 Å². The van der Waals surface area contributed by atoms with Gasteiger partial charge in [-0.1, -0.05) is 13.8 Å². The van der Waals surface area contributed by atoms with E-state index in [9.17, 15) is 0 Å². The molecule has 0 aromatic heterocycles. The van der Waals surface area contributed by atoms with Gasteiger partial charge in [0.2, 0.25) is 0 Å². The van der Waals surface area contributed by atoms with Gasteiger partial charge in [0.15, 0.2) is 0 Å². The van der Waals surface area contributed by atoms with Gasteiger partial charge < -0.3 is 14.2 Å². The van der Waals surface area contributed by atoms with Crippen molar-refractivity contribution < 1.29 is 14.2 Å². The van der Waals surface area contributed by atoms with Gasteiger partial charge in [-0.25, -0.2) is 0 Å². The molecule has 0 saturated carbocycles. The Bertz CT molecular complexity index is 155. The van der Waals surface area contributed by atoms with Crippen LogP contribution in [0.2, 0.25) is 0 Å². The molecule has 98 valence electrons. The molecule has 0 aromatic rings. The first-order valence-corrected chi connectivity index (χ1v) is 6.26. The lowest BCUT2D eigenvalue weighted by atomic mass is 10.2. The molecule has 0 rings (SSSR count). The zero-order valence-electron chi connectivity index (χ0n) is 11.7. The molecular formula is C13H28O3. The van der Waals surface area contributed by atoms with Gasteiger partial charge in [0.25, 0.3) is 0 Å². The molecular weight excluding hydrogens is 204 g/mol. The molecule has 0 saturated heterocycles. The number of hydrogen-bond acceptors (Lipinski definition) is 3.